The van der Waals surface area contributed by atoms with Crippen LogP contribution in [0.25, 0.3) is 0 Å². The Morgan fingerprint density at radius 2 is 2.30 bits per heavy atom. The molecule has 2 aromatic rings. The molecule has 1 atom stereocenters. The molecule has 4 nitrogen and oxygen atoms in total. The fourth-order valence-corrected chi connectivity index (χ4v) is 4.37. The minimum atomic E-state index is -0.0156. The molecule has 0 saturated heterocycles. The van der Waals surface area contributed by atoms with Crippen molar-refractivity contribution < 1.29 is 9.53 Å². The maximum atomic E-state index is 12.7. The van der Waals surface area contributed by atoms with E-state index in [0.717, 1.165) is 49.4 Å². The zero-order valence-electron chi connectivity index (χ0n) is 12.9. The molecular formula is C18H20N2O2S. The highest BCUT2D eigenvalue weighted by atomic mass is 32.1. The maximum Gasteiger partial charge on any atom is 0.231 e. The zero-order chi connectivity index (χ0) is 15.6. The van der Waals surface area contributed by atoms with Crippen LogP contribution in [-0.2, 0) is 17.8 Å². The summed E-state index contributed by atoms with van der Waals surface area (Å²) in [5, 5.41) is 8.51. The third-order valence-corrected chi connectivity index (χ3v) is 5.54. The normalized spacial score (nSPS) is 19.9. The van der Waals surface area contributed by atoms with Gasteiger partial charge in [0.1, 0.15) is 12.4 Å². The first kappa shape index (κ1) is 14.7. The van der Waals surface area contributed by atoms with Gasteiger partial charge in [-0.1, -0.05) is 0 Å². The SMILES string of the molecule is O=C(Nc1ccc2c(c1)CNCCO2)C1CCCc2sccc21. The summed E-state index contributed by atoms with van der Waals surface area (Å²) in [6, 6.07) is 8.01. The Morgan fingerprint density at radius 1 is 1.35 bits per heavy atom. The smallest absolute Gasteiger partial charge is 0.231 e. The van der Waals surface area contributed by atoms with Gasteiger partial charge in [-0.25, -0.2) is 0 Å². The number of hydrogen-bond acceptors (Lipinski definition) is 4. The van der Waals surface area contributed by atoms with Crippen LogP contribution >= 0.6 is 11.3 Å². The van der Waals surface area contributed by atoms with E-state index in [9.17, 15) is 4.79 Å². The molecule has 0 spiro atoms. The Kier molecular flexibility index (Phi) is 4.06. The summed E-state index contributed by atoms with van der Waals surface area (Å²) < 4.78 is 5.69. The monoisotopic (exact) mass is 328 g/mol. The van der Waals surface area contributed by atoms with E-state index in [4.69, 9.17) is 4.74 Å². The Bertz CT molecular complexity index is 726. The quantitative estimate of drug-likeness (QED) is 0.889. The molecule has 1 aromatic carbocycles. The summed E-state index contributed by atoms with van der Waals surface area (Å²) in [6.45, 7) is 2.30. The standard InChI is InChI=1S/C18H20N2O2S/c21-18(15-2-1-3-17-14(15)6-9-23-17)20-13-4-5-16-12(10-13)11-19-7-8-22-16/h4-6,9-10,15,19H,1-3,7-8,11H2,(H,20,21). The van der Waals surface area contributed by atoms with Crippen molar-refractivity contribution in [2.24, 2.45) is 0 Å². The molecule has 1 aliphatic carbocycles. The van der Waals surface area contributed by atoms with Crippen LogP contribution in [0, 0.1) is 0 Å². The van der Waals surface area contributed by atoms with Crippen molar-refractivity contribution in [3.05, 3.63) is 45.6 Å². The molecule has 0 radical (unpaired) electrons. The molecule has 23 heavy (non-hydrogen) atoms. The number of carbonyl (C=O) groups is 1. The molecule has 0 saturated carbocycles. The van der Waals surface area contributed by atoms with Gasteiger partial charge in [0.25, 0.3) is 0 Å². The topological polar surface area (TPSA) is 50.4 Å². The lowest BCUT2D eigenvalue weighted by molar-refractivity contribution is -0.117. The Balaban J connectivity index is 1.53. The van der Waals surface area contributed by atoms with Crippen molar-refractivity contribution in [3.63, 3.8) is 0 Å². The van der Waals surface area contributed by atoms with E-state index in [1.54, 1.807) is 11.3 Å². The van der Waals surface area contributed by atoms with Crippen LogP contribution in [0.15, 0.2) is 29.6 Å². The fourth-order valence-electron chi connectivity index (χ4n) is 3.38. The van der Waals surface area contributed by atoms with Gasteiger partial charge in [0, 0.05) is 29.2 Å². The van der Waals surface area contributed by atoms with Crippen LogP contribution in [0.5, 0.6) is 5.75 Å². The highest BCUT2D eigenvalue weighted by molar-refractivity contribution is 7.10. The predicted molar refractivity (Wildman–Crippen MR) is 92.3 cm³/mol. The van der Waals surface area contributed by atoms with Crippen LogP contribution in [0.3, 0.4) is 0 Å². The lowest BCUT2D eigenvalue weighted by Gasteiger charge is -2.22. The van der Waals surface area contributed by atoms with Crippen molar-refractivity contribution in [2.45, 2.75) is 31.7 Å². The highest BCUT2D eigenvalue weighted by Crippen LogP contribution is 2.36. The van der Waals surface area contributed by atoms with Crippen LogP contribution in [-0.4, -0.2) is 19.1 Å². The van der Waals surface area contributed by atoms with Gasteiger partial charge in [-0.15, -0.1) is 11.3 Å². The molecule has 1 unspecified atom stereocenters. The van der Waals surface area contributed by atoms with Gasteiger partial charge in [-0.05, 0) is 54.5 Å². The summed E-state index contributed by atoms with van der Waals surface area (Å²) in [6.07, 6.45) is 3.14. The first-order valence-electron chi connectivity index (χ1n) is 8.15. The molecular weight excluding hydrogens is 308 g/mol. The van der Waals surface area contributed by atoms with Gasteiger partial charge in [0.2, 0.25) is 5.91 Å². The number of amides is 1. The summed E-state index contributed by atoms with van der Waals surface area (Å²) in [5.41, 5.74) is 3.17. The molecule has 4 rings (SSSR count). The summed E-state index contributed by atoms with van der Waals surface area (Å²) in [5.74, 6) is 0.996. The summed E-state index contributed by atoms with van der Waals surface area (Å²) >= 11 is 1.77. The molecule has 120 valence electrons. The molecule has 2 aliphatic rings. The molecule has 1 amide bonds. The van der Waals surface area contributed by atoms with E-state index in [1.807, 2.05) is 18.2 Å². The van der Waals surface area contributed by atoms with Crippen LogP contribution in [0.2, 0.25) is 0 Å². The molecule has 5 heteroatoms. The summed E-state index contributed by atoms with van der Waals surface area (Å²) in [7, 11) is 0. The number of ether oxygens (including phenoxy) is 1. The van der Waals surface area contributed by atoms with E-state index < -0.39 is 0 Å². The van der Waals surface area contributed by atoms with Gasteiger partial charge in [0.05, 0.1) is 5.92 Å². The first-order valence-corrected chi connectivity index (χ1v) is 9.03. The number of hydrogen-bond donors (Lipinski definition) is 2. The number of aryl methyl sites for hydroxylation is 1. The van der Waals surface area contributed by atoms with Crippen molar-refractivity contribution >= 4 is 22.9 Å². The lowest BCUT2D eigenvalue weighted by Crippen LogP contribution is -2.24. The highest BCUT2D eigenvalue weighted by Gasteiger charge is 2.27. The van der Waals surface area contributed by atoms with Crippen molar-refractivity contribution in [2.75, 3.05) is 18.5 Å². The second-order valence-electron chi connectivity index (χ2n) is 6.08. The van der Waals surface area contributed by atoms with E-state index in [1.165, 1.54) is 10.4 Å². The Labute approximate surface area is 139 Å². The minimum absolute atomic E-state index is 0.0156. The average molecular weight is 328 g/mol. The van der Waals surface area contributed by atoms with E-state index in [-0.39, 0.29) is 11.8 Å². The number of rotatable bonds is 2. The minimum Gasteiger partial charge on any atom is -0.492 e. The average Bonchev–Trinajstić information content (AvgIpc) is 2.93. The van der Waals surface area contributed by atoms with Crippen molar-refractivity contribution in [1.82, 2.24) is 5.32 Å². The van der Waals surface area contributed by atoms with E-state index in [0.29, 0.717) is 6.61 Å². The molecule has 1 aliphatic heterocycles. The number of benzene rings is 1. The Morgan fingerprint density at radius 3 is 3.26 bits per heavy atom. The third-order valence-electron chi connectivity index (χ3n) is 4.55. The molecule has 0 fully saturated rings. The maximum absolute atomic E-state index is 12.7. The van der Waals surface area contributed by atoms with Crippen LogP contribution in [0.4, 0.5) is 5.69 Å². The molecule has 2 heterocycles. The van der Waals surface area contributed by atoms with Gasteiger partial charge >= 0.3 is 0 Å². The second-order valence-corrected chi connectivity index (χ2v) is 7.08. The van der Waals surface area contributed by atoms with Gasteiger partial charge in [-0.3, -0.25) is 4.79 Å². The number of nitrogens with one attached hydrogen (secondary N) is 2. The molecule has 2 N–H and O–H groups in total. The van der Waals surface area contributed by atoms with Crippen LogP contribution in [0.1, 0.15) is 34.8 Å². The van der Waals surface area contributed by atoms with E-state index in [2.05, 4.69) is 22.1 Å². The number of carbonyl (C=O) groups excluding carboxylic acids is 1. The first-order chi connectivity index (χ1) is 11.3. The Hall–Kier alpha value is -1.85. The number of thiophene rings is 1. The predicted octanol–water partition coefficient (Wildman–Crippen LogP) is 3.29. The second kappa shape index (κ2) is 6.34. The fraction of sp³-hybridized carbons (Fsp3) is 0.389. The third kappa shape index (κ3) is 2.99. The van der Waals surface area contributed by atoms with Gasteiger partial charge in [0.15, 0.2) is 0 Å². The molecule has 0 bridgehead atoms. The lowest BCUT2D eigenvalue weighted by atomic mass is 9.87. The van der Waals surface area contributed by atoms with Crippen LogP contribution < -0.4 is 15.4 Å². The van der Waals surface area contributed by atoms with E-state index >= 15 is 0 Å². The molecule has 1 aromatic heterocycles. The summed E-state index contributed by atoms with van der Waals surface area (Å²) in [4.78, 5) is 14.1. The number of fused-ring (bicyclic) bond motifs is 2. The van der Waals surface area contributed by atoms with Gasteiger partial charge in [-0.2, -0.15) is 0 Å². The zero-order valence-corrected chi connectivity index (χ0v) is 13.7. The van der Waals surface area contributed by atoms with Crippen molar-refractivity contribution in [3.8, 4) is 5.75 Å². The van der Waals surface area contributed by atoms with Crippen molar-refractivity contribution in [1.29, 1.82) is 0 Å². The number of anilines is 1. The largest absolute Gasteiger partial charge is 0.492 e. The van der Waals surface area contributed by atoms with Gasteiger partial charge < -0.3 is 15.4 Å².